The van der Waals surface area contributed by atoms with Gasteiger partial charge < -0.3 is 9.80 Å². The van der Waals surface area contributed by atoms with Crippen LogP contribution in [-0.4, -0.2) is 61.7 Å². The van der Waals surface area contributed by atoms with Gasteiger partial charge in [0.25, 0.3) is 10.0 Å². The molecule has 0 unspecified atom stereocenters. The first-order valence-corrected chi connectivity index (χ1v) is 12.9. The van der Waals surface area contributed by atoms with Crippen LogP contribution in [0.3, 0.4) is 0 Å². The van der Waals surface area contributed by atoms with Gasteiger partial charge in [-0.05, 0) is 56.4 Å². The number of hydrogen-bond donors (Lipinski definition) is 1. The predicted octanol–water partition coefficient (Wildman–Crippen LogP) is 3.61. The minimum Gasteiger partial charge on any atom is -0.353 e. The molecule has 1 fully saturated rings. The highest BCUT2D eigenvalue weighted by atomic mass is 32.2. The normalized spacial score (nSPS) is 15.2. The highest BCUT2D eigenvalue weighted by Gasteiger charge is 2.18. The molecule has 170 valence electrons. The lowest BCUT2D eigenvalue weighted by Gasteiger charge is -2.32. The number of benzene rings is 2. The second kappa shape index (κ2) is 8.69. The highest BCUT2D eigenvalue weighted by Crippen LogP contribution is 2.27. The van der Waals surface area contributed by atoms with Crippen LogP contribution in [0.1, 0.15) is 5.01 Å². The molecule has 10 heteroatoms. The van der Waals surface area contributed by atoms with Crippen LogP contribution in [0.2, 0.25) is 0 Å². The fourth-order valence-corrected chi connectivity index (χ4v) is 5.84. The third kappa shape index (κ3) is 4.68. The summed E-state index contributed by atoms with van der Waals surface area (Å²) in [6, 6.07) is 16.1. The van der Waals surface area contributed by atoms with Crippen molar-refractivity contribution in [1.29, 1.82) is 0 Å². The van der Waals surface area contributed by atoms with Gasteiger partial charge in [0.05, 0.1) is 25.8 Å². The second-order valence-electron chi connectivity index (χ2n) is 8.12. The average molecular weight is 481 g/mol. The molecular formula is C23H24N6O2S2. The molecule has 8 nitrogen and oxygen atoms in total. The van der Waals surface area contributed by atoms with Crippen LogP contribution in [0.25, 0.3) is 21.5 Å². The van der Waals surface area contributed by atoms with E-state index in [4.69, 9.17) is 0 Å². The fourth-order valence-electron chi connectivity index (χ4n) is 3.83. The Kier molecular flexibility index (Phi) is 5.73. The lowest BCUT2D eigenvalue weighted by molar-refractivity contribution is 0.312. The van der Waals surface area contributed by atoms with Crippen molar-refractivity contribution < 1.29 is 8.42 Å². The van der Waals surface area contributed by atoms with E-state index in [1.54, 1.807) is 36.4 Å². The molecule has 0 spiro atoms. The maximum absolute atomic E-state index is 13.0. The van der Waals surface area contributed by atoms with Crippen molar-refractivity contribution >= 4 is 43.1 Å². The number of anilines is 2. The summed E-state index contributed by atoms with van der Waals surface area (Å²) in [5.41, 5.74) is 2.76. The summed E-state index contributed by atoms with van der Waals surface area (Å²) in [6.45, 7) is 5.76. The lowest BCUT2D eigenvalue weighted by atomic mass is 10.1. The number of aromatic nitrogens is 3. The van der Waals surface area contributed by atoms with E-state index in [9.17, 15) is 8.42 Å². The smallest absolute Gasteiger partial charge is 0.261 e. The zero-order valence-electron chi connectivity index (χ0n) is 18.4. The van der Waals surface area contributed by atoms with Gasteiger partial charge >= 0.3 is 0 Å². The summed E-state index contributed by atoms with van der Waals surface area (Å²) >= 11 is 1.48. The van der Waals surface area contributed by atoms with E-state index in [1.165, 1.54) is 11.3 Å². The van der Waals surface area contributed by atoms with Crippen molar-refractivity contribution in [1.82, 2.24) is 20.1 Å². The summed E-state index contributed by atoms with van der Waals surface area (Å²) in [5, 5.41) is 9.69. The van der Waals surface area contributed by atoms with Crippen LogP contribution >= 0.6 is 11.3 Å². The van der Waals surface area contributed by atoms with Gasteiger partial charge in [0.1, 0.15) is 0 Å². The third-order valence-corrected chi connectivity index (χ3v) is 7.98. The number of aryl methyl sites for hydroxylation is 1. The fraction of sp³-hybridized carbons (Fsp3) is 0.261. The molecule has 0 saturated carbocycles. The summed E-state index contributed by atoms with van der Waals surface area (Å²) in [4.78, 5) is 9.12. The molecule has 2 aromatic heterocycles. The molecule has 5 rings (SSSR count). The second-order valence-corrected chi connectivity index (χ2v) is 11.0. The molecule has 33 heavy (non-hydrogen) atoms. The molecule has 3 heterocycles. The number of thiazole rings is 1. The number of likely N-dealkylation sites (N-methyl/N-ethyl adjacent to an activating group) is 1. The number of fused-ring (bicyclic) bond motifs is 1. The quantitative estimate of drug-likeness (QED) is 0.467. The first-order valence-electron chi connectivity index (χ1n) is 10.7. The van der Waals surface area contributed by atoms with Gasteiger partial charge in [-0.15, -0.1) is 21.5 Å². The first kappa shape index (κ1) is 21.7. The Morgan fingerprint density at radius 1 is 0.970 bits per heavy atom. The van der Waals surface area contributed by atoms with Gasteiger partial charge in [0.15, 0.2) is 5.82 Å². The maximum atomic E-state index is 13.0. The van der Waals surface area contributed by atoms with Crippen LogP contribution in [0.5, 0.6) is 0 Å². The first-order chi connectivity index (χ1) is 15.9. The largest absolute Gasteiger partial charge is 0.353 e. The minimum absolute atomic E-state index is 0.209. The summed E-state index contributed by atoms with van der Waals surface area (Å²) in [6.07, 6.45) is 0. The zero-order valence-corrected chi connectivity index (χ0v) is 20.0. The van der Waals surface area contributed by atoms with E-state index < -0.39 is 10.0 Å². The van der Waals surface area contributed by atoms with E-state index in [2.05, 4.69) is 36.8 Å². The lowest BCUT2D eigenvalue weighted by Crippen LogP contribution is -2.44. The van der Waals surface area contributed by atoms with Crippen molar-refractivity contribution in [3.8, 4) is 11.3 Å². The molecule has 0 radical (unpaired) electrons. The summed E-state index contributed by atoms with van der Waals surface area (Å²) < 4.78 is 29.5. The Bertz CT molecular complexity index is 1390. The van der Waals surface area contributed by atoms with Gasteiger partial charge in [0, 0.05) is 37.4 Å². The van der Waals surface area contributed by atoms with Gasteiger partial charge in [-0.1, -0.05) is 12.1 Å². The van der Waals surface area contributed by atoms with E-state index in [1.807, 2.05) is 25.1 Å². The van der Waals surface area contributed by atoms with Gasteiger partial charge in [0.2, 0.25) is 0 Å². The number of rotatable bonds is 5. The molecule has 1 saturated heterocycles. The standard InChI is InChI=1S/C23H24N6O2S2/c1-16-24-21-7-6-19(15-22(21)32-16)33(30,31)27-18-5-3-4-17(14-18)20-8-9-23(26-25-20)29-12-10-28(2)11-13-29/h3-9,14-15,27H,10-13H2,1-2H3. The number of piperazine rings is 1. The van der Waals surface area contributed by atoms with Crippen LogP contribution in [0.15, 0.2) is 59.5 Å². The third-order valence-electron chi connectivity index (χ3n) is 5.67. The van der Waals surface area contributed by atoms with Gasteiger partial charge in [-0.25, -0.2) is 13.4 Å². The predicted molar refractivity (Wildman–Crippen MR) is 132 cm³/mol. The molecule has 0 bridgehead atoms. The molecule has 0 amide bonds. The van der Waals surface area contributed by atoms with Crippen molar-refractivity contribution in [2.75, 3.05) is 42.8 Å². The van der Waals surface area contributed by atoms with E-state index >= 15 is 0 Å². The van der Waals surface area contributed by atoms with Crippen LogP contribution in [0, 0.1) is 6.92 Å². The average Bonchev–Trinajstić information content (AvgIpc) is 3.19. The molecule has 2 aromatic carbocycles. The van der Waals surface area contributed by atoms with Crippen molar-refractivity contribution in [3.05, 3.63) is 59.6 Å². The van der Waals surface area contributed by atoms with E-state index in [0.717, 1.165) is 52.8 Å². The van der Waals surface area contributed by atoms with Gasteiger partial charge in [-0.2, -0.15) is 0 Å². The Morgan fingerprint density at radius 2 is 1.79 bits per heavy atom. The van der Waals surface area contributed by atoms with Crippen LogP contribution in [-0.2, 0) is 10.0 Å². The Balaban J connectivity index is 1.35. The highest BCUT2D eigenvalue weighted by molar-refractivity contribution is 7.92. The summed E-state index contributed by atoms with van der Waals surface area (Å²) in [5.74, 6) is 0.859. The van der Waals surface area contributed by atoms with E-state index in [0.29, 0.717) is 11.4 Å². The number of nitrogens with zero attached hydrogens (tertiary/aromatic N) is 5. The Hall–Kier alpha value is -3.08. The Labute approximate surface area is 197 Å². The molecule has 1 aliphatic heterocycles. The number of hydrogen-bond acceptors (Lipinski definition) is 8. The van der Waals surface area contributed by atoms with Crippen LogP contribution in [0.4, 0.5) is 11.5 Å². The van der Waals surface area contributed by atoms with E-state index in [-0.39, 0.29) is 4.90 Å². The summed E-state index contributed by atoms with van der Waals surface area (Å²) in [7, 11) is -1.62. The topological polar surface area (TPSA) is 91.3 Å². The SMILES string of the molecule is Cc1nc2ccc(S(=O)(=O)Nc3cccc(-c4ccc(N5CCN(C)CC5)nn4)c3)cc2s1. The van der Waals surface area contributed by atoms with Gasteiger partial charge in [-0.3, -0.25) is 4.72 Å². The molecular weight excluding hydrogens is 456 g/mol. The Morgan fingerprint density at radius 3 is 2.55 bits per heavy atom. The monoisotopic (exact) mass is 480 g/mol. The molecule has 1 aliphatic rings. The van der Waals surface area contributed by atoms with Crippen molar-refractivity contribution in [3.63, 3.8) is 0 Å². The minimum atomic E-state index is -3.74. The number of nitrogens with one attached hydrogen (secondary N) is 1. The number of sulfonamides is 1. The molecule has 4 aromatic rings. The molecule has 0 atom stereocenters. The molecule has 0 aliphatic carbocycles. The zero-order chi connectivity index (χ0) is 23.0. The van der Waals surface area contributed by atoms with Crippen LogP contribution < -0.4 is 9.62 Å². The maximum Gasteiger partial charge on any atom is 0.261 e. The molecule has 1 N–H and O–H groups in total. The van der Waals surface area contributed by atoms with Crippen molar-refractivity contribution in [2.45, 2.75) is 11.8 Å². The van der Waals surface area contributed by atoms with Crippen molar-refractivity contribution in [2.24, 2.45) is 0 Å².